The maximum atomic E-state index is 13.3. The topological polar surface area (TPSA) is 33.0 Å². The highest BCUT2D eigenvalue weighted by Gasteiger charge is 2.15. The molecule has 1 aromatic carbocycles. The standard InChI is InChI=1S/C10H9BrFNO/c1-2-14-10(6-13)8-5-7(11)3-4-9(8)12/h3-5,10H,2H2,1H3. The summed E-state index contributed by atoms with van der Waals surface area (Å²) < 4.78 is 19.1. The van der Waals surface area contributed by atoms with Crippen LogP contribution in [0, 0.1) is 17.1 Å². The summed E-state index contributed by atoms with van der Waals surface area (Å²) >= 11 is 3.21. The molecule has 0 amide bonds. The van der Waals surface area contributed by atoms with E-state index in [0.29, 0.717) is 6.61 Å². The molecule has 1 rings (SSSR count). The van der Waals surface area contributed by atoms with E-state index in [9.17, 15) is 4.39 Å². The lowest BCUT2D eigenvalue weighted by molar-refractivity contribution is 0.0993. The third-order valence-corrected chi connectivity index (χ3v) is 2.18. The van der Waals surface area contributed by atoms with Gasteiger partial charge in [-0.25, -0.2) is 4.39 Å². The minimum atomic E-state index is -0.836. The Morgan fingerprint density at radius 2 is 2.36 bits per heavy atom. The van der Waals surface area contributed by atoms with Gasteiger partial charge < -0.3 is 4.74 Å². The number of rotatable bonds is 3. The average molecular weight is 258 g/mol. The molecule has 0 saturated heterocycles. The van der Waals surface area contributed by atoms with Crippen molar-refractivity contribution in [3.05, 3.63) is 34.1 Å². The number of hydrogen-bond donors (Lipinski definition) is 0. The van der Waals surface area contributed by atoms with Crippen molar-refractivity contribution in [1.82, 2.24) is 0 Å². The van der Waals surface area contributed by atoms with Crippen LogP contribution in [-0.4, -0.2) is 6.61 Å². The number of benzene rings is 1. The number of halogens is 2. The molecule has 74 valence electrons. The smallest absolute Gasteiger partial charge is 0.171 e. The van der Waals surface area contributed by atoms with Crippen molar-refractivity contribution in [2.45, 2.75) is 13.0 Å². The molecular formula is C10H9BrFNO. The molecule has 0 aromatic heterocycles. The maximum Gasteiger partial charge on any atom is 0.171 e. The quantitative estimate of drug-likeness (QED) is 0.834. The molecule has 4 heteroatoms. The second-order valence-electron chi connectivity index (χ2n) is 2.63. The minimum absolute atomic E-state index is 0.267. The van der Waals surface area contributed by atoms with E-state index in [-0.39, 0.29) is 5.56 Å². The summed E-state index contributed by atoms with van der Waals surface area (Å²) in [4.78, 5) is 0. The van der Waals surface area contributed by atoms with Crippen LogP contribution in [0.5, 0.6) is 0 Å². The van der Waals surface area contributed by atoms with Crippen LogP contribution in [0.15, 0.2) is 22.7 Å². The van der Waals surface area contributed by atoms with Crippen molar-refractivity contribution in [2.75, 3.05) is 6.61 Å². The normalized spacial score (nSPS) is 12.1. The molecule has 0 spiro atoms. The molecule has 0 aliphatic rings. The first-order valence-corrected chi connectivity index (χ1v) is 4.94. The van der Waals surface area contributed by atoms with Gasteiger partial charge in [-0.15, -0.1) is 0 Å². The van der Waals surface area contributed by atoms with Crippen LogP contribution in [0.1, 0.15) is 18.6 Å². The van der Waals surface area contributed by atoms with E-state index in [1.165, 1.54) is 6.07 Å². The molecule has 0 aliphatic carbocycles. The monoisotopic (exact) mass is 257 g/mol. The van der Waals surface area contributed by atoms with E-state index in [2.05, 4.69) is 15.9 Å². The van der Waals surface area contributed by atoms with Crippen LogP contribution in [-0.2, 0) is 4.74 Å². The predicted molar refractivity (Wildman–Crippen MR) is 54.1 cm³/mol. The van der Waals surface area contributed by atoms with Crippen LogP contribution in [0.2, 0.25) is 0 Å². The van der Waals surface area contributed by atoms with Crippen LogP contribution in [0.25, 0.3) is 0 Å². The SMILES string of the molecule is CCOC(C#N)c1cc(Br)ccc1F. The first-order chi connectivity index (χ1) is 6.69. The van der Waals surface area contributed by atoms with Gasteiger partial charge in [0.2, 0.25) is 0 Å². The summed E-state index contributed by atoms with van der Waals surface area (Å²) in [5.41, 5.74) is 0.267. The highest BCUT2D eigenvalue weighted by molar-refractivity contribution is 9.10. The zero-order chi connectivity index (χ0) is 10.6. The molecule has 0 fully saturated rings. The van der Waals surface area contributed by atoms with Gasteiger partial charge in [0.15, 0.2) is 6.10 Å². The number of nitrogens with zero attached hydrogens (tertiary/aromatic N) is 1. The molecule has 0 radical (unpaired) electrons. The van der Waals surface area contributed by atoms with Gasteiger partial charge in [0, 0.05) is 16.6 Å². The van der Waals surface area contributed by atoms with E-state index < -0.39 is 11.9 Å². The van der Waals surface area contributed by atoms with Crippen LogP contribution in [0.4, 0.5) is 4.39 Å². The van der Waals surface area contributed by atoms with Gasteiger partial charge in [-0.3, -0.25) is 0 Å². The molecule has 0 aliphatic heterocycles. The fraction of sp³-hybridized carbons (Fsp3) is 0.300. The van der Waals surface area contributed by atoms with Gasteiger partial charge in [0.05, 0.1) is 6.07 Å². The third-order valence-electron chi connectivity index (χ3n) is 1.69. The lowest BCUT2D eigenvalue weighted by Crippen LogP contribution is -2.04. The third kappa shape index (κ3) is 2.53. The van der Waals surface area contributed by atoms with Gasteiger partial charge in [-0.2, -0.15) is 5.26 Å². The minimum Gasteiger partial charge on any atom is -0.359 e. The Hall–Kier alpha value is -0.920. The Morgan fingerprint density at radius 3 is 2.93 bits per heavy atom. The zero-order valence-corrected chi connectivity index (χ0v) is 9.21. The van der Waals surface area contributed by atoms with Crippen LogP contribution < -0.4 is 0 Å². The summed E-state index contributed by atoms with van der Waals surface area (Å²) in [6, 6.07) is 6.35. The summed E-state index contributed by atoms with van der Waals surface area (Å²) in [5.74, 6) is -0.423. The molecule has 0 N–H and O–H groups in total. The molecule has 0 saturated carbocycles. The Balaban J connectivity index is 3.03. The molecule has 1 aromatic rings. The van der Waals surface area contributed by atoms with Crippen molar-refractivity contribution in [2.24, 2.45) is 0 Å². The Labute approximate surface area is 90.4 Å². The molecule has 0 bridgehead atoms. The molecule has 1 unspecified atom stereocenters. The number of ether oxygens (including phenoxy) is 1. The van der Waals surface area contributed by atoms with Crippen LogP contribution >= 0.6 is 15.9 Å². The van der Waals surface area contributed by atoms with Crippen LogP contribution in [0.3, 0.4) is 0 Å². The van der Waals surface area contributed by atoms with Crippen molar-refractivity contribution in [3.63, 3.8) is 0 Å². The van der Waals surface area contributed by atoms with Crippen molar-refractivity contribution in [3.8, 4) is 6.07 Å². The van der Waals surface area contributed by atoms with E-state index >= 15 is 0 Å². The fourth-order valence-corrected chi connectivity index (χ4v) is 1.46. The molecular weight excluding hydrogens is 249 g/mol. The fourth-order valence-electron chi connectivity index (χ4n) is 1.08. The van der Waals surface area contributed by atoms with Gasteiger partial charge >= 0.3 is 0 Å². The second kappa shape index (κ2) is 5.08. The first-order valence-electron chi connectivity index (χ1n) is 4.15. The molecule has 14 heavy (non-hydrogen) atoms. The second-order valence-corrected chi connectivity index (χ2v) is 3.55. The summed E-state index contributed by atoms with van der Waals surface area (Å²) in [7, 11) is 0. The number of nitriles is 1. The van der Waals surface area contributed by atoms with Gasteiger partial charge in [0.25, 0.3) is 0 Å². The van der Waals surface area contributed by atoms with E-state index in [0.717, 1.165) is 4.47 Å². The van der Waals surface area contributed by atoms with Gasteiger partial charge in [0.1, 0.15) is 5.82 Å². The van der Waals surface area contributed by atoms with E-state index in [1.807, 2.05) is 6.07 Å². The average Bonchev–Trinajstić information content (AvgIpc) is 2.18. The largest absolute Gasteiger partial charge is 0.359 e. The Kier molecular flexibility index (Phi) is 4.05. The molecule has 1 atom stereocenters. The highest BCUT2D eigenvalue weighted by Crippen LogP contribution is 2.23. The van der Waals surface area contributed by atoms with Crippen molar-refractivity contribution >= 4 is 15.9 Å². The van der Waals surface area contributed by atoms with Gasteiger partial charge in [-0.05, 0) is 25.1 Å². The van der Waals surface area contributed by atoms with Crippen molar-refractivity contribution < 1.29 is 9.13 Å². The summed E-state index contributed by atoms with van der Waals surface area (Å²) in [6.07, 6.45) is -0.836. The van der Waals surface area contributed by atoms with Crippen molar-refractivity contribution in [1.29, 1.82) is 5.26 Å². The van der Waals surface area contributed by atoms with E-state index in [4.69, 9.17) is 10.00 Å². The molecule has 2 nitrogen and oxygen atoms in total. The maximum absolute atomic E-state index is 13.3. The van der Waals surface area contributed by atoms with Gasteiger partial charge in [-0.1, -0.05) is 15.9 Å². The zero-order valence-electron chi connectivity index (χ0n) is 7.63. The van der Waals surface area contributed by atoms with E-state index in [1.54, 1.807) is 19.1 Å². The highest BCUT2D eigenvalue weighted by atomic mass is 79.9. The summed E-state index contributed by atoms with van der Waals surface area (Å²) in [6.45, 7) is 2.14. The Morgan fingerprint density at radius 1 is 1.64 bits per heavy atom. The molecule has 0 heterocycles. The Bertz CT molecular complexity index is 362. The summed E-state index contributed by atoms with van der Waals surface area (Å²) in [5, 5.41) is 8.77. The number of hydrogen-bond acceptors (Lipinski definition) is 2. The predicted octanol–water partition coefficient (Wildman–Crippen LogP) is 3.19. The lowest BCUT2D eigenvalue weighted by Gasteiger charge is -2.10. The first kappa shape index (κ1) is 11.2. The lowest BCUT2D eigenvalue weighted by atomic mass is 10.1.